The van der Waals surface area contributed by atoms with Crippen molar-refractivity contribution in [2.24, 2.45) is 5.84 Å². The largest absolute Gasteiger partial charge is 0.496 e. The molecule has 2 aromatic carbocycles. The third-order valence-electron chi connectivity index (χ3n) is 3.78. The number of benzene rings is 2. The summed E-state index contributed by atoms with van der Waals surface area (Å²) in [6.45, 7) is 6.08. The van der Waals surface area contributed by atoms with Crippen LogP contribution in [0.4, 0.5) is 0 Å². The van der Waals surface area contributed by atoms with Gasteiger partial charge < -0.3 is 4.74 Å². The third kappa shape index (κ3) is 3.21. The maximum Gasteiger partial charge on any atom is 0.122 e. The third-order valence-corrected chi connectivity index (χ3v) is 4.20. The second kappa shape index (κ2) is 6.48. The maximum absolute atomic E-state index is 6.10. The number of hydrazine groups is 1. The smallest absolute Gasteiger partial charge is 0.122 e. The maximum atomic E-state index is 6.10. The summed E-state index contributed by atoms with van der Waals surface area (Å²) >= 11 is 6.10. The van der Waals surface area contributed by atoms with Gasteiger partial charge >= 0.3 is 0 Å². The van der Waals surface area contributed by atoms with Gasteiger partial charge in [0, 0.05) is 5.02 Å². The van der Waals surface area contributed by atoms with Gasteiger partial charge in [0.05, 0.1) is 13.2 Å². The van der Waals surface area contributed by atoms with Crippen LogP contribution in [0.25, 0.3) is 0 Å². The number of halogens is 1. The first kappa shape index (κ1) is 15.8. The highest BCUT2D eigenvalue weighted by atomic mass is 35.5. The molecule has 2 aromatic rings. The minimum absolute atomic E-state index is 0.0782. The number of ether oxygens (including phenoxy) is 1. The van der Waals surface area contributed by atoms with Gasteiger partial charge in [-0.05, 0) is 60.7 Å². The van der Waals surface area contributed by atoms with Gasteiger partial charge in [0.25, 0.3) is 0 Å². The minimum Gasteiger partial charge on any atom is -0.496 e. The molecular weight excluding hydrogens is 284 g/mol. The molecule has 4 heteroatoms. The molecule has 0 saturated heterocycles. The molecule has 0 aromatic heterocycles. The SMILES string of the molecule is COc1cc(C)c(C(NN)c2ccc(Cl)c(C)c2)cc1C. The second-order valence-corrected chi connectivity index (χ2v) is 5.69. The van der Waals surface area contributed by atoms with Crippen molar-refractivity contribution in [1.29, 1.82) is 0 Å². The molecule has 0 aliphatic heterocycles. The van der Waals surface area contributed by atoms with Crippen molar-refractivity contribution in [3.05, 3.63) is 63.2 Å². The summed E-state index contributed by atoms with van der Waals surface area (Å²) in [5.41, 5.74) is 8.39. The topological polar surface area (TPSA) is 47.3 Å². The Labute approximate surface area is 131 Å². The van der Waals surface area contributed by atoms with Gasteiger partial charge in [-0.25, -0.2) is 5.43 Å². The Bertz CT molecular complexity index is 655. The van der Waals surface area contributed by atoms with Crippen molar-refractivity contribution in [3.63, 3.8) is 0 Å². The Balaban J connectivity index is 2.50. The molecule has 0 aliphatic rings. The molecule has 0 fully saturated rings. The van der Waals surface area contributed by atoms with Crippen LogP contribution < -0.4 is 16.0 Å². The zero-order valence-electron chi connectivity index (χ0n) is 12.8. The quantitative estimate of drug-likeness (QED) is 0.666. The predicted molar refractivity (Wildman–Crippen MR) is 87.8 cm³/mol. The minimum atomic E-state index is -0.0782. The van der Waals surface area contributed by atoms with Crippen molar-refractivity contribution < 1.29 is 4.74 Å². The molecule has 21 heavy (non-hydrogen) atoms. The van der Waals surface area contributed by atoms with E-state index in [4.69, 9.17) is 22.2 Å². The van der Waals surface area contributed by atoms with Crippen LogP contribution in [0.5, 0.6) is 5.75 Å². The van der Waals surface area contributed by atoms with Gasteiger partial charge in [-0.1, -0.05) is 29.8 Å². The normalized spacial score (nSPS) is 12.3. The van der Waals surface area contributed by atoms with Crippen molar-refractivity contribution >= 4 is 11.6 Å². The van der Waals surface area contributed by atoms with E-state index in [2.05, 4.69) is 24.5 Å². The van der Waals surface area contributed by atoms with Crippen LogP contribution in [0.1, 0.15) is 33.9 Å². The van der Waals surface area contributed by atoms with Crippen molar-refractivity contribution in [1.82, 2.24) is 5.43 Å². The number of nitrogens with two attached hydrogens (primary N) is 1. The van der Waals surface area contributed by atoms with E-state index in [1.165, 1.54) is 0 Å². The van der Waals surface area contributed by atoms with E-state index in [0.717, 1.165) is 38.6 Å². The van der Waals surface area contributed by atoms with E-state index >= 15 is 0 Å². The van der Waals surface area contributed by atoms with Gasteiger partial charge in [0.2, 0.25) is 0 Å². The Morgan fingerprint density at radius 1 is 1.05 bits per heavy atom. The number of rotatable bonds is 4. The first-order valence-electron chi connectivity index (χ1n) is 6.85. The molecule has 0 spiro atoms. The number of nitrogens with one attached hydrogen (secondary N) is 1. The Kier molecular flexibility index (Phi) is 4.88. The summed E-state index contributed by atoms with van der Waals surface area (Å²) in [5, 5.41) is 0.761. The highest BCUT2D eigenvalue weighted by Gasteiger charge is 2.17. The summed E-state index contributed by atoms with van der Waals surface area (Å²) in [6.07, 6.45) is 0. The van der Waals surface area contributed by atoms with E-state index < -0.39 is 0 Å². The number of hydrogen-bond acceptors (Lipinski definition) is 3. The van der Waals surface area contributed by atoms with E-state index in [1.54, 1.807) is 7.11 Å². The van der Waals surface area contributed by atoms with Gasteiger partial charge in [0.15, 0.2) is 0 Å². The Morgan fingerprint density at radius 2 is 1.76 bits per heavy atom. The number of hydrogen-bond donors (Lipinski definition) is 2. The zero-order valence-corrected chi connectivity index (χ0v) is 13.6. The average Bonchev–Trinajstić information content (AvgIpc) is 2.46. The van der Waals surface area contributed by atoms with Crippen LogP contribution in [-0.4, -0.2) is 7.11 Å². The van der Waals surface area contributed by atoms with Crippen LogP contribution in [0.15, 0.2) is 30.3 Å². The molecule has 0 bridgehead atoms. The fourth-order valence-corrected chi connectivity index (χ4v) is 2.67. The lowest BCUT2D eigenvalue weighted by Gasteiger charge is -2.21. The van der Waals surface area contributed by atoms with Gasteiger partial charge in [0.1, 0.15) is 5.75 Å². The zero-order chi connectivity index (χ0) is 15.6. The van der Waals surface area contributed by atoms with Gasteiger partial charge in [-0.15, -0.1) is 0 Å². The van der Waals surface area contributed by atoms with E-state index in [9.17, 15) is 0 Å². The van der Waals surface area contributed by atoms with Crippen LogP contribution in [0.3, 0.4) is 0 Å². The molecule has 0 saturated carbocycles. The monoisotopic (exact) mass is 304 g/mol. The lowest BCUT2D eigenvalue weighted by molar-refractivity contribution is 0.411. The molecule has 0 heterocycles. The van der Waals surface area contributed by atoms with Crippen molar-refractivity contribution in [3.8, 4) is 5.75 Å². The highest BCUT2D eigenvalue weighted by Crippen LogP contribution is 2.31. The molecule has 112 valence electrons. The van der Waals surface area contributed by atoms with E-state index in [1.807, 2.05) is 32.0 Å². The molecule has 3 N–H and O–H groups in total. The fourth-order valence-electron chi connectivity index (χ4n) is 2.56. The summed E-state index contributed by atoms with van der Waals surface area (Å²) in [6, 6.07) is 10.0. The lowest BCUT2D eigenvalue weighted by Crippen LogP contribution is -2.29. The number of methoxy groups -OCH3 is 1. The van der Waals surface area contributed by atoms with Crippen LogP contribution in [0.2, 0.25) is 5.02 Å². The van der Waals surface area contributed by atoms with Crippen LogP contribution in [-0.2, 0) is 0 Å². The van der Waals surface area contributed by atoms with Gasteiger partial charge in [-0.3, -0.25) is 5.84 Å². The molecule has 0 amide bonds. The second-order valence-electron chi connectivity index (χ2n) is 5.29. The highest BCUT2D eigenvalue weighted by molar-refractivity contribution is 6.31. The molecule has 1 atom stereocenters. The average molecular weight is 305 g/mol. The van der Waals surface area contributed by atoms with E-state index in [0.29, 0.717) is 0 Å². The Morgan fingerprint density at radius 3 is 2.33 bits per heavy atom. The van der Waals surface area contributed by atoms with Crippen LogP contribution >= 0.6 is 11.6 Å². The van der Waals surface area contributed by atoms with E-state index in [-0.39, 0.29) is 6.04 Å². The molecule has 2 rings (SSSR count). The standard InChI is InChI=1S/C17H21ClN2O/c1-10-9-16(21-4)12(3)8-14(10)17(20-19)13-5-6-15(18)11(2)7-13/h5-9,17,20H,19H2,1-4H3. The van der Waals surface area contributed by atoms with Crippen LogP contribution in [0, 0.1) is 20.8 Å². The molecule has 0 radical (unpaired) electrons. The first-order chi connectivity index (χ1) is 9.97. The summed E-state index contributed by atoms with van der Waals surface area (Å²) in [5.74, 6) is 6.69. The summed E-state index contributed by atoms with van der Waals surface area (Å²) < 4.78 is 5.37. The summed E-state index contributed by atoms with van der Waals surface area (Å²) in [7, 11) is 1.68. The molecule has 3 nitrogen and oxygen atoms in total. The van der Waals surface area contributed by atoms with Crippen molar-refractivity contribution in [2.45, 2.75) is 26.8 Å². The number of aryl methyl sites for hydroxylation is 3. The fraction of sp³-hybridized carbons (Fsp3) is 0.294. The van der Waals surface area contributed by atoms with Crippen molar-refractivity contribution in [2.75, 3.05) is 7.11 Å². The molecule has 1 unspecified atom stereocenters. The summed E-state index contributed by atoms with van der Waals surface area (Å²) in [4.78, 5) is 0. The predicted octanol–water partition coefficient (Wildman–Crippen LogP) is 3.83. The first-order valence-corrected chi connectivity index (χ1v) is 7.23. The molecular formula is C17H21ClN2O. The molecule has 0 aliphatic carbocycles. The van der Waals surface area contributed by atoms with Gasteiger partial charge in [-0.2, -0.15) is 0 Å². The Hall–Kier alpha value is -1.55. The lowest BCUT2D eigenvalue weighted by atomic mass is 9.93.